The van der Waals surface area contributed by atoms with Crippen LogP contribution in [0.25, 0.3) is 0 Å². The number of benzene rings is 1. The Kier molecular flexibility index (Phi) is 12.1. The summed E-state index contributed by atoms with van der Waals surface area (Å²) in [6.45, 7) is 4.32. The van der Waals surface area contributed by atoms with E-state index in [4.69, 9.17) is 0 Å². The van der Waals surface area contributed by atoms with Crippen LogP contribution in [0.15, 0.2) is 18.2 Å². The van der Waals surface area contributed by atoms with E-state index in [2.05, 4.69) is 6.92 Å². The number of halogens is 1. The third kappa shape index (κ3) is 8.90. The number of carboxylic acid groups (broad SMARTS) is 1. The number of hydrogen-bond donors (Lipinski definition) is 1. The lowest BCUT2D eigenvalue weighted by Crippen LogP contribution is -2.27. The van der Waals surface area contributed by atoms with E-state index < -0.39 is 11.9 Å². The molecule has 2 saturated carbocycles. The first-order valence-corrected chi connectivity index (χ1v) is 15.0. The van der Waals surface area contributed by atoms with Crippen LogP contribution < -0.4 is 0 Å². The van der Waals surface area contributed by atoms with Crippen LogP contribution >= 0.6 is 0 Å². The van der Waals surface area contributed by atoms with Crippen LogP contribution in [0.4, 0.5) is 4.39 Å². The van der Waals surface area contributed by atoms with E-state index in [1.807, 2.05) is 13.0 Å². The maximum absolute atomic E-state index is 14.5. The summed E-state index contributed by atoms with van der Waals surface area (Å²) in [5.74, 6) is 1.52. The standard InChI is InChI=1S/C32H51FO2/c1-3-5-6-7-8-9-11-24-12-16-26(17-13-24)27-18-14-25(15-19-27)22-30(32(34)35)29-21-20-28(10-4-2)31(33)23-29/h20-21,23-27,30H,3-19,22H2,1-2H3,(H,34,35). The molecule has 0 radical (unpaired) electrons. The topological polar surface area (TPSA) is 37.3 Å². The molecule has 1 unspecified atom stereocenters. The SMILES string of the molecule is CCCCCCCCC1CCC(C2CCC(CC(C(=O)O)c3ccc(CCC)c(F)c3)CC2)CC1. The molecule has 3 rings (SSSR count). The van der Waals surface area contributed by atoms with E-state index in [0.717, 1.165) is 37.0 Å². The zero-order chi connectivity index (χ0) is 25.0. The molecule has 2 aliphatic carbocycles. The minimum absolute atomic E-state index is 0.244. The van der Waals surface area contributed by atoms with Crippen molar-refractivity contribution in [3.05, 3.63) is 35.1 Å². The van der Waals surface area contributed by atoms with Crippen LogP contribution in [-0.2, 0) is 11.2 Å². The summed E-state index contributed by atoms with van der Waals surface area (Å²) in [6, 6.07) is 5.13. The molecule has 0 heterocycles. The second-order valence-electron chi connectivity index (χ2n) is 11.8. The van der Waals surface area contributed by atoms with Crippen molar-refractivity contribution in [2.45, 2.75) is 135 Å². The first-order valence-electron chi connectivity index (χ1n) is 15.0. The summed E-state index contributed by atoms with van der Waals surface area (Å²) in [6.07, 6.45) is 22.6. The Morgan fingerprint density at radius 1 is 0.857 bits per heavy atom. The van der Waals surface area contributed by atoms with Gasteiger partial charge < -0.3 is 5.11 Å². The van der Waals surface area contributed by atoms with Crippen molar-refractivity contribution in [2.24, 2.45) is 23.7 Å². The molecular weight excluding hydrogens is 435 g/mol. The largest absolute Gasteiger partial charge is 0.481 e. The molecule has 2 fully saturated rings. The molecule has 3 heteroatoms. The number of aryl methyl sites for hydroxylation is 1. The molecule has 2 nitrogen and oxygen atoms in total. The summed E-state index contributed by atoms with van der Waals surface area (Å²) < 4.78 is 14.5. The summed E-state index contributed by atoms with van der Waals surface area (Å²) in [4.78, 5) is 12.1. The monoisotopic (exact) mass is 486 g/mol. The van der Waals surface area contributed by atoms with Gasteiger partial charge in [-0.05, 0) is 79.4 Å². The fourth-order valence-electron chi connectivity index (χ4n) is 7.02. The van der Waals surface area contributed by atoms with E-state index in [-0.39, 0.29) is 5.82 Å². The molecule has 0 amide bonds. The Morgan fingerprint density at radius 2 is 1.46 bits per heavy atom. The van der Waals surface area contributed by atoms with E-state index in [0.29, 0.717) is 29.9 Å². The van der Waals surface area contributed by atoms with Crippen molar-refractivity contribution >= 4 is 5.97 Å². The fraction of sp³-hybridized carbons (Fsp3) is 0.781. The molecule has 0 saturated heterocycles. The summed E-state index contributed by atoms with van der Waals surface area (Å²) in [5, 5.41) is 9.89. The van der Waals surface area contributed by atoms with Crippen molar-refractivity contribution in [2.75, 3.05) is 0 Å². The Morgan fingerprint density at radius 3 is 2.03 bits per heavy atom. The lowest BCUT2D eigenvalue weighted by atomic mass is 9.67. The van der Waals surface area contributed by atoms with Gasteiger partial charge in [-0.15, -0.1) is 0 Å². The van der Waals surface area contributed by atoms with Gasteiger partial charge in [0.05, 0.1) is 5.92 Å². The highest BCUT2D eigenvalue weighted by molar-refractivity contribution is 5.76. The number of hydrogen-bond acceptors (Lipinski definition) is 1. The lowest BCUT2D eigenvalue weighted by molar-refractivity contribution is -0.139. The van der Waals surface area contributed by atoms with Gasteiger partial charge in [-0.2, -0.15) is 0 Å². The molecule has 1 N–H and O–H groups in total. The van der Waals surface area contributed by atoms with Gasteiger partial charge in [0.1, 0.15) is 5.82 Å². The van der Waals surface area contributed by atoms with Gasteiger partial charge in [0.2, 0.25) is 0 Å². The number of carbonyl (C=O) groups is 1. The predicted molar refractivity (Wildman–Crippen MR) is 144 cm³/mol. The van der Waals surface area contributed by atoms with Crippen LogP contribution in [-0.4, -0.2) is 11.1 Å². The highest BCUT2D eigenvalue weighted by atomic mass is 19.1. The summed E-state index contributed by atoms with van der Waals surface area (Å²) in [7, 11) is 0. The molecule has 198 valence electrons. The second kappa shape index (κ2) is 15.0. The maximum Gasteiger partial charge on any atom is 0.310 e. The quantitative estimate of drug-likeness (QED) is 0.266. The number of rotatable bonds is 14. The molecule has 0 aromatic heterocycles. The number of unbranched alkanes of at least 4 members (excludes halogenated alkanes) is 5. The number of carboxylic acids is 1. The second-order valence-corrected chi connectivity index (χ2v) is 11.8. The predicted octanol–water partition coefficient (Wildman–Crippen LogP) is 9.70. The van der Waals surface area contributed by atoms with Crippen molar-refractivity contribution in [3.63, 3.8) is 0 Å². The van der Waals surface area contributed by atoms with E-state index in [1.165, 1.54) is 89.5 Å². The first kappa shape index (κ1) is 28.2. The average Bonchev–Trinajstić information content (AvgIpc) is 2.87. The lowest BCUT2D eigenvalue weighted by Gasteiger charge is -2.38. The van der Waals surface area contributed by atoms with Gasteiger partial charge in [-0.1, -0.05) is 103 Å². The van der Waals surface area contributed by atoms with Crippen LogP contribution in [0, 0.1) is 29.5 Å². The van der Waals surface area contributed by atoms with E-state index >= 15 is 0 Å². The number of aliphatic carboxylic acids is 1. The highest BCUT2D eigenvalue weighted by Gasteiger charge is 2.33. The Hall–Kier alpha value is -1.38. The average molecular weight is 487 g/mol. The normalized spacial score (nSPS) is 25.9. The van der Waals surface area contributed by atoms with Crippen molar-refractivity contribution in [1.82, 2.24) is 0 Å². The molecule has 35 heavy (non-hydrogen) atoms. The van der Waals surface area contributed by atoms with Gasteiger partial charge in [0.15, 0.2) is 0 Å². The van der Waals surface area contributed by atoms with Gasteiger partial charge in [-0.25, -0.2) is 4.39 Å². The van der Waals surface area contributed by atoms with Gasteiger partial charge in [0.25, 0.3) is 0 Å². The van der Waals surface area contributed by atoms with Crippen molar-refractivity contribution < 1.29 is 14.3 Å². The van der Waals surface area contributed by atoms with Crippen LogP contribution in [0.3, 0.4) is 0 Å². The fourth-order valence-corrected chi connectivity index (χ4v) is 7.02. The van der Waals surface area contributed by atoms with Crippen LogP contribution in [0.5, 0.6) is 0 Å². The van der Waals surface area contributed by atoms with Gasteiger partial charge in [0, 0.05) is 0 Å². The Balaban J connectivity index is 1.39. The molecule has 1 aromatic carbocycles. The first-order chi connectivity index (χ1) is 17.0. The van der Waals surface area contributed by atoms with Crippen LogP contribution in [0.2, 0.25) is 0 Å². The Bertz CT molecular complexity index is 744. The molecular formula is C32H51FO2. The van der Waals surface area contributed by atoms with Crippen LogP contribution in [0.1, 0.15) is 140 Å². The third-order valence-corrected chi connectivity index (χ3v) is 9.28. The summed E-state index contributed by atoms with van der Waals surface area (Å²) >= 11 is 0. The molecule has 0 bridgehead atoms. The zero-order valence-electron chi connectivity index (χ0n) is 22.6. The summed E-state index contributed by atoms with van der Waals surface area (Å²) in [5.41, 5.74) is 1.34. The minimum Gasteiger partial charge on any atom is -0.481 e. The molecule has 2 aliphatic rings. The zero-order valence-corrected chi connectivity index (χ0v) is 22.6. The van der Waals surface area contributed by atoms with Gasteiger partial charge >= 0.3 is 5.97 Å². The molecule has 0 aliphatic heterocycles. The molecule has 1 atom stereocenters. The third-order valence-electron chi connectivity index (χ3n) is 9.28. The molecule has 0 spiro atoms. The van der Waals surface area contributed by atoms with E-state index in [9.17, 15) is 14.3 Å². The van der Waals surface area contributed by atoms with Crippen molar-refractivity contribution in [3.8, 4) is 0 Å². The smallest absolute Gasteiger partial charge is 0.310 e. The van der Waals surface area contributed by atoms with E-state index in [1.54, 1.807) is 6.07 Å². The van der Waals surface area contributed by atoms with Gasteiger partial charge in [-0.3, -0.25) is 4.79 Å². The minimum atomic E-state index is -0.807. The highest BCUT2D eigenvalue weighted by Crippen LogP contribution is 2.44. The Labute approximate surface area is 214 Å². The van der Waals surface area contributed by atoms with Crippen molar-refractivity contribution in [1.29, 1.82) is 0 Å². The maximum atomic E-state index is 14.5. The molecule has 1 aromatic rings.